The summed E-state index contributed by atoms with van der Waals surface area (Å²) in [6, 6.07) is 6.54. The van der Waals surface area contributed by atoms with Gasteiger partial charge in [-0.2, -0.15) is 0 Å². The molecule has 172 valence electrons. The number of amides is 1. The third-order valence-electron chi connectivity index (χ3n) is 5.66. The topological polar surface area (TPSA) is 90.6 Å². The van der Waals surface area contributed by atoms with Crippen LogP contribution in [0.1, 0.15) is 58.1 Å². The minimum Gasteiger partial charge on any atom is -0.492 e. The smallest absolute Gasteiger partial charge is 0.410 e. The van der Waals surface area contributed by atoms with Gasteiger partial charge in [-0.3, -0.25) is 0 Å². The molecule has 1 saturated heterocycles. The number of piperidine rings is 1. The van der Waals surface area contributed by atoms with Gasteiger partial charge < -0.3 is 20.1 Å². The maximum absolute atomic E-state index is 14.9. The lowest BCUT2D eigenvalue weighted by atomic mass is 9.93. The summed E-state index contributed by atoms with van der Waals surface area (Å²) in [4.78, 5) is 23.0. The first-order valence-electron chi connectivity index (χ1n) is 11.2. The van der Waals surface area contributed by atoms with Crippen LogP contribution in [0.25, 0.3) is 11.3 Å². The fourth-order valence-corrected chi connectivity index (χ4v) is 3.90. The van der Waals surface area contributed by atoms with E-state index in [-0.39, 0.29) is 18.0 Å². The molecule has 2 fully saturated rings. The number of rotatable bonds is 5. The summed E-state index contributed by atoms with van der Waals surface area (Å²) in [5, 5.41) is 0. The lowest BCUT2D eigenvalue weighted by Gasteiger charge is -2.34. The molecule has 0 radical (unpaired) electrons. The highest BCUT2D eigenvalue weighted by atomic mass is 19.1. The molecule has 1 atom stereocenters. The Labute approximate surface area is 188 Å². The molecule has 0 spiro atoms. The molecule has 1 aromatic heterocycles. The highest BCUT2D eigenvalue weighted by molar-refractivity contribution is 5.70. The number of nitrogen functional groups attached to an aromatic ring is 1. The van der Waals surface area contributed by atoms with E-state index < -0.39 is 11.4 Å². The lowest BCUT2D eigenvalue weighted by molar-refractivity contribution is 0.0197. The summed E-state index contributed by atoms with van der Waals surface area (Å²) in [6.45, 7) is 7.21. The molecule has 2 N–H and O–H groups in total. The predicted molar refractivity (Wildman–Crippen MR) is 120 cm³/mol. The fourth-order valence-electron chi connectivity index (χ4n) is 3.90. The van der Waals surface area contributed by atoms with Crippen LogP contribution in [0, 0.1) is 11.7 Å². The standard InChI is InChI=1S/C24H31FN4O3/c1-24(2,3)32-23(30)29-11-5-6-16(13-29)18-12-19(28-22(26)27-18)21-17(25)7-4-8-20(21)31-14-15-9-10-15/h4,7-8,12,15-16H,5-6,9-11,13-14H2,1-3H3,(H2,26,27,28). The van der Waals surface area contributed by atoms with Crippen LogP contribution < -0.4 is 10.5 Å². The maximum atomic E-state index is 14.9. The van der Waals surface area contributed by atoms with Gasteiger partial charge in [0, 0.05) is 19.0 Å². The van der Waals surface area contributed by atoms with E-state index in [1.54, 1.807) is 23.1 Å². The third-order valence-corrected chi connectivity index (χ3v) is 5.66. The van der Waals surface area contributed by atoms with Crippen LogP contribution >= 0.6 is 0 Å². The third kappa shape index (κ3) is 5.47. The molecule has 32 heavy (non-hydrogen) atoms. The lowest BCUT2D eigenvalue weighted by Crippen LogP contribution is -2.42. The van der Waals surface area contributed by atoms with Crippen LogP contribution in [0.3, 0.4) is 0 Å². The zero-order valence-electron chi connectivity index (χ0n) is 18.9. The largest absolute Gasteiger partial charge is 0.492 e. The highest BCUT2D eigenvalue weighted by Gasteiger charge is 2.30. The molecule has 4 rings (SSSR count). The van der Waals surface area contributed by atoms with Crippen molar-refractivity contribution >= 4 is 12.0 Å². The van der Waals surface area contributed by atoms with Crippen LogP contribution in [0.5, 0.6) is 5.75 Å². The molecule has 2 heterocycles. The SMILES string of the molecule is CC(C)(C)OC(=O)N1CCCC(c2cc(-c3c(F)cccc3OCC3CC3)nc(N)n2)C1. The van der Waals surface area contributed by atoms with E-state index in [9.17, 15) is 9.18 Å². The van der Waals surface area contributed by atoms with Gasteiger partial charge in [0.2, 0.25) is 5.95 Å². The van der Waals surface area contributed by atoms with E-state index in [1.165, 1.54) is 6.07 Å². The highest BCUT2D eigenvalue weighted by Crippen LogP contribution is 2.36. The average Bonchev–Trinajstić information content (AvgIpc) is 3.55. The molecule has 7 nitrogen and oxygen atoms in total. The van der Waals surface area contributed by atoms with Gasteiger partial charge in [0.05, 0.1) is 23.6 Å². The number of hydrogen-bond donors (Lipinski definition) is 1. The van der Waals surface area contributed by atoms with Crippen LogP contribution in [0.2, 0.25) is 0 Å². The number of benzene rings is 1. The summed E-state index contributed by atoms with van der Waals surface area (Å²) < 4.78 is 26.3. The summed E-state index contributed by atoms with van der Waals surface area (Å²) >= 11 is 0. The van der Waals surface area contributed by atoms with Crippen molar-refractivity contribution < 1.29 is 18.7 Å². The number of ether oxygens (including phenoxy) is 2. The predicted octanol–water partition coefficient (Wildman–Crippen LogP) is 4.77. The molecule has 1 unspecified atom stereocenters. The van der Waals surface area contributed by atoms with Crippen molar-refractivity contribution in [2.24, 2.45) is 5.92 Å². The number of likely N-dealkylation sites (tertiary alicyclic amines) is 1. The fraction of sp³-hybridized carbons (Fsp3) is 0.542. The second kappa shape index (κ2) is 8.92. The summed E-state index contributed by atoms with van der Waals surface area (Å²) in [5.41, 5.74) is 6.85. The number of nitrogens with two attached hydrogens (primary N) is 1. The van der Waals surface area contributed by atoms with Crippen molar-refractivity contribution in [3.05, 3.63) is 35.8 Å². The van der Waals surface area contributed by atoms with Crippen LogP contribution in [-0.2, 0) is 4.74 Å². The Bertz CT molecular complexity index is 988. The van der Waals surface area contributed by atoms with Crippen molar-refractivity contribution in [2.75, 3.05) is 25.4 Å². The molecule has 1 saturated carbocycles. The summed E-state index contributed by atoms with van der Waals surface area (Å²) in [5.74, 6) is 0.616. The normalized spacial score (nSPS) is 19.0. The Morgan fingerprint density at radius 2 is 2.03 bits per heavy atom. The van der Waals surface area contributed by atoms with Crippen molar-refractivity contribution in [1.29, 1.82) is 0 Å². The van der Waals surface area contributed by atoms with E-state index in [2.05, 4.69) is 9.97 Å². The van der Waals surface area contributed by atoms with Gasteiger partial charge in [0.15, 0.2) is 0 Å². The first kappa shape index (κ1) is 22.3. The van der Waals surface area contributed by atoms with E-state index in [0.29, 0.717) is 48.3 Å². The monoisotopic (exact) mass is 442 g/mol. The number of hydrogen-bond acceptors (Lipinski definition) is 6. The Kier molecular flexibility index (Phi) is 6.22. The quantitative estimate of drug-likeness (QED) is 0.717. The van der Waals surface area contributed by atoms with E-state index >= 15 is 0 Å². The molecule has 2 aliphatic rings. The first-order chi connectivity index (χ1) is 15.2. The van der Waals surface area contributed by atoms with Crippen LogP contribution in [0.4, 0.5) is 15.1 Å². The molecule has 0 bridgehead atoms. The number of halogens is 1. The van der Waals surface area contributed by atoms with Gasteiger partial charge >= 0.3 is 6.09 Å². The molecule has 1 aliphatic heterocycles. The number of nitrogens with zero attached hydrogens (tertiary/aromatic N) is 3. The van der Waals surface area contributed by atoms with Crippen LogP contribution in [-0.4, -0.2) is 46.3 Å². The van der Waals surface area contributed by atoms with E-state index in [1.807, 2.05) is 20.8 Å². The first-order valence-corrected chi connectivity index (χ1v) is 11.2. The number of carbonyl (C=O) groups is 1. The van der Waals surface area contributed by atoms with Gasteiger partial charge in [0.25, 0.3) is 0 Å². The molecule has 1 aliphatic carbocycles. The summed E-state index contributed by atoms with van der Waals surface area (Å²) in [6.07, 6.45) is 3.61. The summed E-state index contributed by atoms with van der Waals surface area (Å²) in [7, 11) is 0. The van der Waals surface area contributed by atoms with Gasteiger partial charge in [-0.1, -0.05) is 6.07 Å². The van der Waals surface area contributed by atoms with Gasteiger partial charge in [-0.05, 0) is 70.6 Å². The zero-order valence-corrected chi connectivity index (χ0v) is 18.9. The van der Waals surface area contributed by atoms with Gasteiger partial charge in [-0.25, -0.2) is 19.2 Å². The second-order valence-corrected chi connectivity index (χ2v) is 9.67. The van der Waals surface area contributed by atoms with Crippen LogP contribution in [0.15, 0.2) is 24.3 Å². The maximum Gasteiger partial charge on any atom is 0.410 e. The second-order valence-electron chi connectivity index (χ2n) is 9.67. The molecule has 8 heteroatoms. The Balaban J connectivity index is 1.59. The van der Waals surface area contributed by atoms with Crippen molar-refractivity contribution in [2.45, 2.75) is 58.0 Å². The van der Waals surface area contributed by atoms with Crippen molar-refractivity contribution in [1.82, 2.24) is 14.9 Å². The van der Waals surface area contributed by atoms with Gasteiger partial charge in [0.1, 0.15) is 17.2 Å². The molecule has 2 aromatic rings. The molecular weight excluding hydrogens is 411 g/mol. The minimum absolute atomic E-state index is 0.0390. The number of carbonyl (C=O) groups excluding carboxylic acids is 1. The zero-order chi connectivity index (χ0) is 22.9. The molecule has 1 aromatic carbocycles. The molecular formula is C24H31FN4O3. The average molecular weight is 443 g/mol. The number of anilines is 1. The Morgan fingerprint density at radius 1 is 1.25 bits per heavy atom. The van der Waals surface area contributed by atoms with Crippen molar-refractivity contribution in [3.63, 3.8) is 0 Å². The van der Waals surface area contributed by atoms with E-state index in [0.717, 1.165) is 25.7 Å². The Hall–Kier alpha value is -2.90. The van der Waals surface area contributed by atoms with Gasteiger partial charge in [-0.15, -0.1) is 0 Å². The Morgan fingerprint density at radius 3 is 2.75 bits per heavy atom. The van der Waals surface area contributed by atoms with Crippen molar-refractivity contribution in [3.8, 4) is 17.0 Å². The number of aromatic nitrogens is 2. The minimum atomic E-state index is -0.557. The van der Waals surface area contributed by atoms with E-state index in [4.69, 9.17) is 15.2 Å². The molecule has 1 amide bonds.